The van der Waals surface area contributed by atoms with E-state index in [1.165, 1.54) is 12.8 Å². The van der Waals surface area contributed by atoms with E-state index in [0.717, 1.165) is 49.0 Å². The fourth-order valence-electron chi connectivity index (χ4n) is 2.57. The van der Waals surface area contributed by atoms with E-state index >= 15 is 0 Å². The molecule has 1 rings (SSSR count). The zero-order chi connectivity index (χ0) is 15.7. The number of nitrogens with zero attached hydrogens (tertiary/aromatic N) is 2. The maximum atomic E-state index is 8.10. The van der Waals surface area contributed by atoms with Crippen molar-refractivity contribution in [2.45, 2.75) is 46.0 Å². The fraction of sp³-hybridized carbons (Fsp3) is 0.750. The average Bonchev–Trinajstić information content (AvgIpc) is 2.48. The molecule has 1 aliphatic heterocycles. The number of ether oxygens (including phenoxy) is 1. The van der Waals surface area contributed by atoms with E-state index in [4.69, 9.17) is 10.1 Å². The lowest BCUT2D eigenvalue weighted by atomic mass is 10.0. The number of likely N-dealkylation sites (N-methyl/N-ethyl adjacent to an activating group) is 1. The Morgan fingerprint density at radius 3 is 2.76 bits per heavy atom. The molecule has 0 bridgehead atoms. The van der Waals surface area contributed by atoms with Gasteiger partial charge < -0.3 is 9.22 Å². The van der Waals surface area contributed by atoms with Gasteiger partial charge in [0, 0.05) is 12.0 Å². The van der Waals surface area contributed by atoms with Crippen LogP contribution >= 0.6 is 12.8 Å². The van der Waals surface area contributed by atoms with Gasteiger partial charge in [-0.15, -0.1) is 0 Å². The van der Waals surface area contributed by atoms with Gasteiger partial charge >= 0.3 is 0 Å². The molecule has 1 aliphatic rings. The Morgan fingerprint density at radius 1 is 1.38 bits per heavy atom. The molecule has 0 aromatic heterocycles. The first-order chi connectivity index (χ1) is 10.1. The lowest BCUT2D eigenvalue weighted by Crippen LogP contribution is -2.49. The molecule has 1 atom stereocenters. The fourth-order valence-corrected chi connectivity index (χ4v) is 2.79. The summed E-state index contributed by atoms with van der Waals surface area (Å²) in [6.07, 6.45) is 7.79. The number of nitrogens with one attached hydrogen (secondary N) is 1. The van der Waals surface area contributed by atoms with E-state index in [1.807, 2.05) is 0 Å². The first kappa shape index (κ1) is 18.2. The molecule has 1 N–H and O–H groups in total. The van der Waals surface area contributed by atoms with Gasteiger partial charge in [-0.1, -0.05) is 32.3 Å². The van der Waals surface area contributed by atoms with Crippen molar-refractivity contribution in [2.75, 3.05) is 33.3 Å². The number of hydrogen-bond donors (Lipinski definition) is 2. The topological polar surface area (TPSA) is 45.4 Å². The van der Waals surface area contributed by atoms with Crippen LogP contribution in [0, 0.1) is 5.41 Å². The first-order valence-electron chi connectivity index (χ1n) is 8.03. The Bertz CT molecular complexity index is 406. The molecule has 0 amide bonds. The highest BCUT2D eigenvalue weighted by atomic mass is 32.1. The van der Waals surface area contributed by atoms with Crippen LogP contribution in [0.1, 0.15) is 46.0 Å². The highest BCUT2D eigenvalue weighted by molar-refractivity contribution is 7.79. The van der Waals surface area contributed by atoms with E-state index in [2.05, 4.69) is 44.2 Å². The molecule has 0 aromatic carbocycles. The highest BCUT2D eigenvalue weighted by Gasteiger charge is 2.28. The van der Waals surface area contributed by atoms with Crippen LogP contribution in [0.4, 0.5) is 0 Å². The van der Waals surface area contributed by atoms with Crippen LogP contribution in [0.5, 0.6) is 0 Å². The summed E-state index contributed by atoms with van der Waals surface area (Å²) < 4.78 is 10.6. The maximum absolute atomic E-state index is 8.10. The maximum Gasteiger partial charge on any atom is 0.233 e. The van der Waals surface area contributed by atoms with Crippen LogP contribution in [0.2, 0.25) is 0 Å². The lowest BCUT2D eigenvalue weighted by molar-refractivity contribution is -0.904. The van der Waals surface area contributed by atoms with Gasteiger partial charge in [0.25, 0.3) is 0 Å². The van der Waals surface area contributed by atoms with Crippen LogP contribution < -0.4 is 0 Å². The molecule has 21 heavy (non-hydrogen) atoms. The molecule has 0 saturated heterocycles. The third-order valence-corrected chi connectivity index (χ3v) is 4.44. The Morgan fingerprint density at radius 2 is 2.14 bits per heavy atom. The van der Waals surface area contributed by atoms with Crippen molar-refractivity contribution >= 4 is 24.4 Å². The number of unbranched alkanes of at least 4 members (excludes halogenated alkanes) is 3. The summed E-state index contributed by atoms with van der Waals surface area (Å²) in [4.78, 5) is 0. The van der Waals surface area contributed by atoms with Crippen molar-refractivity contribution in [3.63, 3.8) is 0 Å². The largest absolute Gasteiger partial charge is 0.477 e. The normalized spacial score (nSPS) is 22.9. The molecular formula is C16H30N3OS+. The van der Waals surface area contributed by atoms with Gasteiger partial charge in [-0.25, -0.2) is 4.40 Å². The minimum atomic E-state index is 0.164. The van der Waals surface area contributed by atoms with Gasteiger partial charge in [0.1, 0.15) is 12.3 Å². The second-order valence-corrected chi connectivity index (χ2v) is 6.22. The van der Waals surface area contributed by atoms with E-state index in [-0.39, 0.29) is 5.90 Å². The molecule has 0 aliphatic carbocycles. The van der Waals surface area contributed by atoms with Crippen molar-refractivity contribution in [2.24, 2.45) is 4.40 Å². The Balaban J connectivity index is 2.54. The zero-order valence-electron chi connectivity index (χ0n) is 13.7. The van der Waals surface area contributed by atoms with Crippen LogP contribution in [-0.2, 0) is 4.74 Å². The number of hydrogen-bond acceptors (Lipinski definition) is 4. The van der Waals surface area contributed by atoms with Gasteiger partial charge in [0.05, 0.1) is 26.7 Å². The molecule has 0 aromatic rings. The standard InChI is InChI=1S/C16H29N3OS/c1-4-6-7-8-12-20-16(17)15(18-21)14-10-9-11-19(3,5-2)13-14/h10,17H,4-9,11-13H2,1-3H3/p+1/b17-16?,18-15-. The first-order valence-corrected chi connectivity index (χ1v) is 8.43. The molecule has 0 spiro atoms. The molecule has 0 radical (unpaired) electrons. The third-order valence-electron chi connectivity index (χ3n) is 4.24. The van der Waals surface area contributed by atoms with Crippen LogP contribution in [0.15, 0.2) is 16.0 Å². The number of rotatable bonds is 8. The predicted octanol–water partition coefficient (Wildman–Crippen LogP) is 3.64. The van der Waals surface area contributed by atoms with E-state index in [1.54, 1.807) is 0 Å². The molecule has 1 unspecified atom stereocenters. The highest BCUT2D eigenvalue weighted by Crippen LogP contribution is 2.18. The van der Waals surface area contributed by atoms with Gasteiger partial charge in [-0.2, -0.15) is 0 Å². The van der Waals surface area contributed by atoms with E-state index in [0.29, 0.717) is 12.3 Å². The summed E-state index contributed by atoms with van der Waals surface area (Å²) in [6.45, 7) is 8.12. The van der Waals surface area contributed by atoms with Crippen LogP contribution in [0.3, 0.4) is 0 Å². The third kappa shape index (κ3) is 5.83. The summed E-state index contributed by atoms with van der Waals surface area (Å²) in [6, 6.07) is 0. The van der Waals surface area contributed by atoms with Gasteiger partial charge in [-0.3, -0.25) is 5.41 Å². The summed E-state index contributed by atoms with van der Waals surface area (Å²) in [5.74, 6) is 0.164. The smallest absolute Gasteiger partial charge is 0.233 e. The quantitative estimate of drug-likeness (QED) is 0.232. The van der Waals surface area contributed by atoms with Crippen molar-refractivity contribution in [1.29, 1.82) is 5.41 Å². The van der Waals surface area contributed by atoms with Crippen molar-refractivity contribution in [3.05, 3.63) is 11.6 Å². The van der Waals surface area contributed by atoms with E-state index < -0.39 is 0 Å². The molecule has 0 saturated carbocycles. The Hall–Kier alpha value is -0.810. The molecule has 0 fully saturated rings. The summed E-state index contributed by atoms with van der Waals surface area (Å²) in [5, 5.41) is 8.10. The molecular weight excluding hydrogens is 282 g/mol. The number of thiol groups is 1. The minimum absolute atomic E-state index is 0.164. The van der Waals surface area contributed by atoms with Gasteiger partial charge in [0.15, 0.2) is 0 Å². The summed E-state index contributed by atoms with van der Waals surface area (Å²) in [5.41, 5.74) is 1.70. The van der Waals surface area contributed by atoms with Crippen molar-refractivity contribution in [3.8, 4) is 0 Å². The monoisotopic (exact) mass is 312 g/mol. The van der Waals surface area contributed by atoms with Gasteiger partial charge in [0.2, 0.25) is 5.90 Å². The van der Waals surface area contributed by atoms with Crippen LogP contribution in [-0.4, -0.2) is 49.4 Å². The van der Waals surface area contributed by atoms with E-state index in [9.17, 15) is 0 Å². The SMILES string of the molecule is CCCCCCOC(=N)/C(=N\S)C1=CCC[N+](C)(CC)C1. The minimum Gasteiger partial charge on any atom is -0.477 e. The average molecular weight is 313 g/mol. The second kappa shape index (κ2) is 9.26. The Kier molecular flexibility index (Phi) is 8.04. The Labute approximate surface area is 134 Å². The van der Waals surface area contributed by atoms with Crippen molar-refractivity contribution in [1.82, 2.24) is 0 Å². The van der Waals surface area contributed by atoms with Gasteiger partial charge in [-0.05, 0) is 26.2 Å². The molecule has 4 nitrogen and oxygen atoms in total. The predicted molar refractivity (Wildman–Crippen MR) is 93.4 cm³/mol. The summed E-state index contributed by atoms with van der Waals surface area (Å²) >= 11 is 4.05. The number of quaternary nitrogens is 1. The molecule has 120 valence electrons. The summed E-state index contributed by atoms with van der Waals surface area (Å²) in [7, 11) is 2.25. The second-order valence-electron chi connectivity index (χ2n) is 6.02. The van der Waals surface area contributed by atoms with Crippen LogP contribution in [0.25, 0.3) is 0 Å². The van der Waals surface area contributed by atoms with Crippen molar-refractivity contribution < 1.29 is 9.22 Å². The molecule has 1 heterocycles. The zero-order valence-corrected chi connectivity index (χ0v) is 14.6. The molecule has 5 heteroatoms. The lowest BCUT2D eigenvalue weighted by Gasteiger charge is -2.36.